The van der Waals surface area contributed by atoms with Gasteiger partial charge in [-0.05, 0) is 19.8 Å². The lowest BCUT2D eigenvalue weighted by Crippen LogP contribution is -2.07. The highest BCUT2D eigenvalue weighted by molar-refractivity contribution is 7.09. The van der Waals surface area contributed by atoms with Gasteiger partial charge < -0.3 is 5.32 Å². The van der Waals surface area contributed by atoms with E-state index in [9.17, 15) is 0 Å². The first-order valence-corrected chi connectivity index (χ1v) is 7.49. The van der Waals surface area contributed by atoms with E-state index in [2.05, 4.69) is 46.4 Å². The van der Waals surface area contributed by atoms with Crippen molar-refractivity contribution in [2.75, 3.05) is 11.9 Å². The highest BCUT2D eigenvalue weighted by Crippen LogP contribution is 2.18. The number of rotatable bonds is 5. The van der Waals surface area contributed by atoms with Gasteiger partial charge in [0.1, 0.15) is 16.6 Å². The summed E-state index contributed by atoms with van der Waals surface area (Å²) in [6, 6.07) is 2.03. The number of nitrogens with zero attached hydrogens (tertiary/aromatic N) is 3. The smallest absolute Gasteiger partial charge is 0.137 e. The second-order valence-corrected chi connectivity index (χ2v) is 5.78. The minimum absolute atomic E-state index is 0.400. The standard InChI is InChI=1S/C14H20N4S/c1-5-15-12-6-11(9(2)3)17-13(18-12)7-14-16-10(4)8-19-14/h6,8-9H,5,7H2,1-4H3,(H,15,17,18). The van der Waals surface area contributed by atoms with Gasteiger partial charge in [0.05, 0.1) is 6.42 Å². The van der Waals surface area contributed by atoms with Crippen molar-refractivity contribution >= 4 is 17.2 Å². The fourth-order valence-corrected chi connectivity index (χ4v) is 2.55. The van der Waals surface area contributed by atoms with E-state index in [-0.39, 0.29) is 0 Å². The normalized spacial score (nSPS) is 11.0. The molecule has 2 aromatic heterocycles. The van der Waals surface area contributed by atoms with E-state index in [1.807, 2.05) is 13.0 Å². The van der Waals surface area contributed by atoms with Crippen LogP contribution in [-0.4, -0.2) is 21.5 Å². The zero-order chi connectivity index (χ0) is 13.8. The molecule has 5 heteroatoms. The molecule has 0 aliphatic rings. The molecule has 0 aromatic carbocycles. The third-order valence-corrected chi connectivity index (χ3v) is 3.68. The summed E-state index contributed by atoms with van der Waals surface area (Å²) < 4.78 is 0. The average Bonchev–Trinajstić information content (AvgIpc) is 2.75. The first-order valence-electron chi connectivity index (χ1n) is 6.61. The Hall–Kier alpha value is -1.49. The first kappa shape index (κ1) is 13.9. The molecule has 102 valence electrons. The summed E-state index contributed by atoms with van der Waals surface area (Å²) in [7, 11) is 0. The van der Waals surface area contributed by atoms with E-state index in [0.717, 1.165) is 34.6 Å². The van der Waals surface area contributed by atoms with Crippen LogP contribution in [0, 0.1) is 6.92 Å². The maximum atomic E-state index is 4.64. The zero-order valence-corrected chi connectivity index (χ0v) is 12.7. The highest BCUT2D eigenvalue weighted by Gasteiger charge is 2.09. The van der Waals surface area contributed by atoms with Gasteiger partial charge in [-0.25, -0.2) is 15.0 Å². The van der Waals surface area contributed by atoms with E-state index in [1.54, 1.807) is 11.3 Å². The third-order valence-electron chi connectivity index (χ3n) is 2.72. The molecule has 0 atom stereocenters. The van der Waals surface area contributed by atoms with Gasteiger partial charge in [0.2, 0.25) is 0 Å². The predicted molar refractivity (Wildman–Crippen MR) is 79.9 cm³/mol. The van der Waals surface area contributed by atoms with Crippen LogP contribution in [-0.2, 0) is 6.42 Å². The molecule has 19 heavy (non-hydrogen) atoms. The quantitative estimate of drug-likeness (QED) is 0.909. The number of nitrogens with one attached hydrogen (secondary N) is 1. The Morgan fingerprint density at radius 2 is 2.05 bits per heavy atom. The molecule has 0 saturated heterocycles. The van der Waals surface area contributed by atoms with E-state index >= 15 is 0 Å². The summed E-state index contributed by atoms with van der Waals surface area (Å²) in [5.41, 5.74) is 2.14. The molecule has 0 radical (unpaired) electrons. The summed E-state index contributed by atoms with van der Waals surface area (Å²) in [5.74, 6) is 2.15. The molecule has 2 aromatic rings. The second-order valence-electron chi connectivity index (χ2n) is 4.84. The Kier molecular flexibility index (Phi) is 4.47. The molecule has 0 spiro atoms. The lowest BCUT2D eigenvalue weighted by molar-refractivity contribution is 0.791. The van der Waals surface area contributed by atoms with Gasteiger partial charge in [0.15, 0.2) is 0 Å². The Morgan fingerprint density at radius 3 is 2.63 bits per heavy atom. The summed E-state index contributed by atoms with van der Waals surface area (Å²) in [6.07, 6.45) is 0.706. The lowest BCUT2D eigenvalue weighted by atomic mass is 10.1. The van der Waals surface area contributed by atoms with Gasteiger partial charge in [0, 0.05) is 29.4 Å². The van der Waals surface area contributed by atoms with Crippen molar-refractivity contribution in [3.05, 3.63) is 33.7 Å². The van der Waals surface area contributed by atoms with E-state index in [4.69, 9.17) is 0 Å². The van der Waals surface area contributed by atoms with Crippen LogP contribution in [0.4, 0.5) is 5.82 Å². The van der Waals surface area contributed by atoms with Crippen LogP contribution < -0.4 is 5.32 Å². The first-order chi connectivity index (χ1) is 9.08. The minimum atomic E-state index is 0.400. The van der Waals surface area contributed by atoms with Crippen LogP contribution in [0.5, 0.6) is 0 Å². The van der Waals surface area contributed by atoms with Gasteiger partial charge in [0.25, 0.3) is 0 Å². The monoisotopic (exact) mass is 276 g/mol. The highest BCUT2D eigenvalue weighted by atomic mass is 32.1. The summed E-state index contributed by atoms with van der Waals surface area (Å²) in [6.45, 7) is 9.24. The number of anilines is 1. The zero-order valence-electron chi connectivity index (χ0n) is 11.9. The topological polar surface area (TPSA) is 50.7 Å². The predicted octanol–water partition coefficient (Wildman–Crippen LogP) is 3.39. The molecule has 2 heterocycles. The molecule has 0 aliphatic carbocycles. The molecule has 0 saturated carbocycles. The molecule has 4 nitrogen and oxygen atoms in total. The largest absolute Gasteiger partial charge is 0.370 e. The van der Waals surface area contributed by atoms with Gasteiger partial charge >= 0.3 is 0 Å². The fraction of sp³-hybridized carbons (Fsp3) is 0.500. The molecule has 2 rings (SSSR count). The van der Waals surface area contributed by atoms with Crippen LogP contribution in [0.25, 0.3) is 0 Å². The molecule has 0 amide bonds. The van der Waals surface area contributed by atoms with Crippen molar-refractivity contribution in [1.29, 1.82) is 0 Å². The Morgan fingerprint density at radius 1 is 1.26 bits per heavy atom. The van der Waals surface area contributed by atoms with E-state index < -0.39 is 0 Å². The van der Waals surface area contributed by atoms with Gasteiger partial charge in [-0.1, -0.05) is 13.8 Å². The van der Waals surface area contributed by atoms with Crippen LogP contribution in [0.15, 0.2) is 11.4 Å². The Labute approximate surface area is 118 Å². The lowest BCUT2D eigenvalue weighted by Gasteiger charge is -2.10. The Bertz CT molecular complexity index is 548. The summed E-state index contributed by atoms with van der Waals surface area (Å²) in [4.78, 5) is 13.7. The van der Waals surface area contributed by atoms with Crippen LogP contribution in [0.2, 0.25) is 0 Å². The molecule has 1 N–H and O–H groups in total. The van der Waals surface area contributed by atoms with Crippen molar-refractivity contribution in [3.63, 3.8) is 0 Å². The summed E-state index contributed by atoms with van der Waals surface area (Å²) in [5, 5.41) is 6.40. The van der Waals surface area contributed by atoms with Crippen LogP contribution in [0.3, 0.4) is 0 Å². The fourth-order valence-electron chi connectivity index (χ4n) is 1.78. The number of thiazole rings is 1. The maximum Gasteiger partial charge on any atom is 0.137 e. The van der Waals surface area contributed by atoms with Crippen molar-refractivity contribution < 1.29 is 0 Å². The van der Waals surface area contributed by atoms with Gasteiger partial charge in [-0.3, -0.25) is 0 Å². The number of aromatic nitrogens is 3. The maximum absolute atomic E-state index is 4.64. The van der Waals surface area contributed by atoms with Crippen LogP contribution in [0.1, 0.15) is 48.9 Å². The number of hydrogen-bond acceptors (Lipinski definition) is 5. The third kappa shape index (κ3) is 3.73. The average molecular weight is 276 g/mol. The SMILES string of the molecule is CCNc1cc(C(C)C)nc(Cc2nc(C)cs2)n1. The molecule has 0 aliphatic heterocycles. The summed E-state index contributed by atoms with van der Waals surface area (Å²) >= 11 is 1.67. The Balaban J connectivity index is 2.27. The van der Waals surface area contributed by atoms with Gasteiger partial charge in [-0.15, -0.1) is 11.3 Å². The molecular weight excluding hydrogens is 256 g/mol. The second kappa shape index (κ2) is 6.10. The molecule has 0 unspecified atom stereocenters. The van der Waals surface area contributed by atoms with Crippen molar-refractivity contribution in [1.82, 2.24) is 15.0 Å². The van der Waals surface area contributed by atoms with E-state index in [1.165, 1.54) is 0 Å². The van der Waals surface area contributed by atoms with Crippen molar-refractivity contribution in [2.24, 2.45) is 0 Å². The van der Waals surface area contributed by atoms with Gasteiger partial charge in [-0.2, -0.15) is 0 Å². The van der Waals surface area contributed by atoms with Crippen LogP contribution >= 0.6 is 11.3 Å². The van der Waals surface area contributed by atoms with Crippen molar-refractivity contribution in [2.45, 2.75) is 40.0 Å². The van der Waals surface area contributed by atoms with E-state index in [0.29, 0.717) is 12.3 Å². The minimum Gasteiger partial charge on any atom is -0.370 e. The molecule has 0 fully saturated rings. The molecular formula is C14H20N4S. The molecule has 0 bridgehead atoms. The number of aryl methyl sites for hydroxylation is 1. The van der Waals surface area contributed by atoms with Crippen molar-refractivity contribution in [3.8, 4) is 0 Å². The number of hydrogen-bond donors (Lipinski definition) is 1.